The summed E-state index contributed by atoms with van der Waals surface area (Å²) in [5.41, 5.74) is 1.12. The van der Waals surface area contributed by atoms with E-state index in [1.165, 1.54) is 32.1 Å². The topological polar surface area (TPSA) is 45.5 Å². The second kappa shape index (κ2) is 5.05. The van der Waals surface area contributed by atoms with Crippen LogP contribution in [0, 0.1) is 0 Å². The Kier molecular flexibility index (Phi) is 3.07. The van der Waals surface area contributed by atoms with Crippen LogP contribution in [0.3, 0.4) is 0 Å². The van der Waals surface area contributed by atoms with Crippen molar-refractivity contribution in [3.63, 3.8) is 0 Å². The molecule has 1 saturated carbocycles. The second-order valence-corrected chi connectivity index (χ2v) is 5.94. The fourth-order valence-electron chi connectivity index (χ4n) is 3.15. The predicted octanol–water partition coefficient (Wildman–Crippen LogP) is 1.84. The molecule has 5 heteroatoms. The van der Waals surface area contributed by atoms with Gasteiger partial charge in [-0.05, 0) is 38.2 Å². The van der Waals surface area contributed by atoms with Gasteiger partial charge >= 0.3 is 0 Å². The van der Waals surface area contributed by atoms with Gasteiger partial charge in [-0.2, -0.15) is 5.10 Å². The molecule has 2 aromatic heterocycles. The first-order valence-electron chi connectivity index (χ1n) is 7.70. The van der Waals surface area contributed by atoms with E-state index in [0.29, 0.717) is 6.04 Å². The first-order chi connectivity index (χ1) is 9.92. The van der Waals surface area contributed by atoms with Crippen molar-refractivity contribution >= 4 is 11.3 Å². The summed E-state index contributed by atoms with van der Waals surface area (Å²) in [6.45, 7) is 2.19. The maximum Gasteiger partial charge on any atom is 0.154 e. The van der Waals surface area contributed by atoms with E-state index in [-0.39, 0.29) is 0 Å². The average Bonchev–Trinajstić information content (AvgIpc) is 3.20. The zero-order valence-electron chi connectivity index (χ0n) is 11.7. The molecule has 1 unspecified atom stereocenters. The van der Waals surface area contributed by atoms with Gasteiger partial charge < -0.3 is 10.2 Å². The minimum absolute atomic E-state index is 0.568. The Hall–Kier alpha value is -1.62. The van der Waals surface area contributed by atoms with Crippen LogP contribution in [0.25, 0.3) is 5.52 Å². The molecule has 0 amide bonds. The van der Waals surface area contributed by atoms with Crippen LogP contribution in [-0.2, 0) is 0 Å². The van der Waals surface area contributed by atoms with Crippen molar-refractivity contribution in [3.8, 4) is 0 Å². The third-order valence-corrected chi connectivity index (χ3v) is 4.42. The lowest BCUT2D eigenvalue weighted by Crippen LogP contribution is -2.46. The summed E-state index contributed by atoms with van der Waals surface area (Å²) >= 11 is 0. The predicted molar refractivity (Wildman–Crippen MR) is 79.0 cm³/mol. The van der Waals surface area contributed by atoms with E-state index in [9.17, 15) is 0 Å². The molecule has 5 nitrogen and oxygen atoms in total. The largest absolute Gasteiger partial charge is 0.351 e. The van der Waals surface area contributed by atoms with Crippen molar-refractivity contribution in [2.45, 2.75) is 44.2 Å². The molecule has 1 saturated heterocycles. The van der Waals surface area contributed by atoms with Crippen LogP contribution in [-0.4, -0.2) is 39.8 Å². The van der Waals surface area contributed by atoms with Gasteiger partial charge in [0.25, 0.3) is 0 Å². The average molecular weight is 271 g/mol. The summed E-state index contributed by atoms with van der Waals surface area (Å²) in [5, 5.41) is 7.99. The van der Waals surface area contributed by atoms with Gasteiger partial charge in [0.05, 0.1) is 6.20 Å². The molecule has 1 N–H and O–H groups in total. The molecule has 0 aromatic carbocycles. The first kappa shape index (κ1) is 12.1. The van der Waals surface area contributed by atoms with Crippen molar-refractivity contribution < 1.29 is 0 Å². The van der Waals surface area contributed by atoms with Gasteiger partial charge in [0, 0.05) is 37.6 Å². The summed E-state index contributed by atoms with van der Waals surface area (Å²) in [5.74, 6) is 1.09. The Labute approximate surface area is 119 Å². The molecule has 1 aliphatic carbocycles. The van der Waals surface area contributed by atoms with Crippen molar-refractivity contribution in [2.24, 2.45) is 0 Å². The number of nitrogens with zero attached hydrogens (tertiary/aromatic N) is 4. The van der Waals surface area contributed by atoms with Gasteiger partial charge in [-0.3, -0.25) is 0 Å². The molecule has 2 aliphatic rings. The highest BCUT2D eigenvalue weighted by molar-refractivity contribution is 5.68. The monoisotopic (exact) mass is 271 g/mol. The van der Waals surface area contributed by atoms with Crippen molar-refractivity contribution in [1.82, 2.24) is 19.9 Å². The highest BCUT2D eigenvalue weighted by atomic mass is 15.3. The third-order valence-electron chi connectivity index (χ3n) is 4.42. The zero-order chi connectivity index (χ0) is 13.4. The van der Waals surface area contributed by atoms with Gasteiger partial charge in [0.2, 0.25) is 0 Å². The molecule has 3 heterocycles. The molecule has 0 spiro atoms. The molecular formula is C15H21N5. The van der Waals surface area contributed by atoms with Gasteiger partial charge in [0.1, 0.15) is 5.52 Å². The van der Waals surface area contributed by atoms with Gasteiger partial charge in [-0.25, -0.2) is 9.50 Å². The molecule has 106 valence electrons. The van der Waals surface area contributed by atoms with E-state index >= 15 is 0 Å². The van der Waals surface area contributed by atoms with Crippen LogP contribution in [0.1, 0.15) is 32.1 Å². The summed E-state index contributed by atoms with van der Waals surface area (Å²) in [6.07, 6.45) is 12.2. The second-order valence-electron chi connectivity index (χ2n) is 5.94. The zero-order valence-corrected chi connectivity index (χ0v) is 11.7. The van der Waals surface area contributed by atoms with Crippen molar-refractivity contribution in [3.05, 3.63) is 24.7 Å². The number of aromatic nitrogens is 3. The Bertz CT molecular complexity index is 589. The van der Waals surface area contributed by atoms with Gasteiger partial charge in [-0.15, -0.1) is 0 Å². The number of nitrogens with one attached hydrogen (secondary N) is 1. The standard InChI is InChI=1S/C15H21N5/c1-2-9-19(13(3-1)11-17-12-4-5-12)15-14-6-7-18-20(14)10-8-16-15/h6-8,10,12-13,17H,1-5,9,11H2. The molecule has 2 aromatic rings. The van der Waals surface area contributed by atoms with E-state index in [1.807, 2.05) is 23.1 Å². The number of hydrogen-bond acceptors (Lipinski definition) is 4. The maximum atomic E-state index is 4.63. The lowest BCUT2D eigenvalue weighted by Gasteiger charge is -2.37. The van der Waals surface area contributed by atoms with Crippen LogP contribution >= 0.6 is 0 Å². The van der Waals surface area contributed by atoms with Crippen LogP contribution in [0.4, 0.5) is 5.82 Å². The van der Waals surface area contributed by atoms with Crippen LogP contribution in [0.15, 0.2) is 24.7 Å². The summed E-state index contributed by atoms with van der Waals surface area (Å²) < 4.78 is 1.92. The Morgan fingerprint density at radius 1 is 1.20 bits per heavy atom. The fraction of sp³-hybridized carbons (Fsp3) is 0.600. The first-order valence-corrected chi connectivity index (χ1v) is 7.70. The fourth-order valence-corrected chi connectivity index (χ4v) is 3.15. The van der Waals surface area contributed by atoms with E-state index in [1.54, 1.807) is 0 Å². The summed E-state index contributed by atoms with van der Waals surface area (Å²) in [6, 6.07) is 3.40. The molecule has 4 rings (SSSR count). The molecule has 0 bridgehead atoms. The van der Waals surface area contributed by atoms with Crippen LogP contribution in [0.2, 0.25) is 0 Å². The molecule has 1 atom stereocenters. The molecule has 20 heavy (non-hydrogen) atoms. The Balaban J connectivity index is 1.61. The van der Waals surface area contributed by atoms with Crippen molar-refractivity contribution in [1.29, 1.82) is 0 Å². The van der Waals surface area contributed by atoms with E-state index in [4.69, 9.17) is 0 Å². The summed E-state index contributed by atoms with van der Waals surface area (Å²) in [4.78, 5) is 7.12. The van der Waals surface area contributed by atoms with Gasteiger partial charge in [-0.1, -0.05) is 0 Å². The summed E-state index contributed by atoms with van der Waals surface area (Å²) in [7, 11) is 0. The van der Waals surface area contributed by atoms with Crippen LogP contribution < -0.4 is 10.2 Å². The minimum atomic E-state index is 0.568. The highest BCUT2D eigenvalue weighted by Gasteiger charge is 2.28. The molecule has 1 aliphatic heterocycles. The lowest BCUT2D eigenvalue weighted by molar-refractivity contribution is 0.432. The maximum absolute atomic E-state index is 4.63. The number of fused-ring (bicyclic) bond motifs is 1. The quantitative estimate of drug-likeness (QED) is 0.921. The lowest BCUT2D eigenvalue weighted by atomic mass is 10.0. The smallest absolute Gasteiger partial charge is 0.154 e. The molecular weight excluding hydrogens is 250 g/mol. The highest BCUT2D eigenvalue weighted by Crippen LogP contribution is 2.27. The number of piperidine rings is 1. The molecule has 0 radical (unpaired) electrons. The Morgan fingerprint density at radius 3 is 3.05 bits per heavy atom. The van der Waals surface area contributed by atoms with E-state index < -0.39 is 0 Å². The Morgan fingerprint density at radius 2 is 2.15 bits per heavy atom. The van der Waals surface area contributed by atoms with E-state index in [2.05, 4.69) is 26.4 Å². The number of hydrogen-bond donors (Lipinski definition) is 1. The normalized spacial score (nSPS) is 23.4. The SMILES string of the molecule is c1cn2nccc2c(N2CCCCC2CNC2CC2)n1. The number of anilines is 1. The van der Waals surface area contributed by atoms with Crippen LogP contribution in [0.5, 0.6) is 0 Å². The van der Waals surface area contributed by atoms with E-state index in [0.717, 1.165) is 30.5 Å². The third kappa shape index (κ3) is 2.26. The molecule has 2 fully saturated rings. The number of rotatable bonds is 4. The van der Waals surface area contributed by atoms with Gasteiger partial charge in [0.15, 0.2) is 5.82 Å². The van der Waals surface area contributed by atoms with Crippen molar-refractivity contribution in [2.75, 3.05) is 18.0 Å². The minimum Gasteiger partial charge on any atom is -0.351 e.